The molecule has 0 bridgehead atoms. The fraction of sp³-hybridized carbons (Fsp3) is 0.364. The van der Waals surface area contributed by atoms with Crippen LogP contribution in [0.2, 0.25) is 0 Å². The zero-order valence-corrected chi connectivity index (χ0v) is 13.4. The van der Waals surface area contributed by atoms with Crippen molar-refractivity contribution in [2.24, 2.45) is 5.14 Å². The fourth-order valence-electron chi connectivity index (χ4n) is 1.66. The van der Waals surface area contributed by atoms with E-state index in [1.165, 1.54) is 24.1 Å². The second kappa shape index (κ2) is 6.99. The highest BCUT2D eigenvalue weighted by Crippen LogP contribution is 2.21. The molecule has 3 N–H and O–H groups in total. The number of benzene rings is 1. The van der Waals surface area contributed by atoms with Gasteiger partial charge in [-0.15, -0.1) is 0 Å². The molecule has 1 aliphatic rings. The molecule has 116 valence electrons. The summed E-state index contributed by atoms with van der Waals surface area (Å²) in [7, 11) is -3.92. The number of hydrogen-bond acceptors (Lipinski definition) is 6. The van der Waals surface area contributed by atoms with Crippen LogP contribution in [0.1, 0.15) is 0 Å². The van der Waals surface area contributed by atoms with Gasteiger partial charge in [-0.25, -0.2) is 22.3 Å². The molecule has 21 heavy (non-hydrogen) atoms. The second-order valence-electron chi connectivity index (χ2n) is 4.23. The number of halogens is 1. The summed E-state index contributed by atoms with van der Waals surface area (Å²) in [6.07, 6.45) is 0. The molecular formula is C11H14FN3O3S3. The Morgan fingerprint density at radius 2 is 2.10 bits per heavy atom. The summed E-state index contributed by atoms with van der Waals surface area (Å²) in [5.74, 6) is -0.730. The van der Waals surface area contributed by atoms with Gasteiger partial charge in [0, 0.05) is 13.1 Å². The molecule has 0 spiro atoms. The molecule has 0 saturated carbocycles. The van der Waals surface area contributed by atoms with Crippen LogP contribution in [0.15, 0.2) is 23.1 Å². The number of ether oxygens (including phenoxy) is 1. The number of rotatable bonds is 3. The van der Waals surface area contributed by atoms with Gasteiger partial charge in [0.05, 0.1) is 23.8 Å². The van der Waals surface area contributed by atoms with Gasteiger partial charge in [0.1, 0.15) is 5.82 Å². The molecule has 1 aromatic carbocycles. The van der Waals surface area contributed by atoms with Crippen molar-refractivity contribution in [2.45, 2.75) is 4.90 Å². The van der Waals surface area contributed by atoms with E-state index in [2.05, 4.69) is 5.32 Å². The van der Waals surface area contributed by atoms with Gasteiger partial charge in [-0.05, 0) is 30.1 Å². The van der Waals surface area contributed by atoms with E-state index in [1.807, 2.05) is 4.31 Å². The van der Waals surface area contributed by atoms with Crippen molar-refractivity contribution in [3.8, 4) is 0 Å². The number of anilines is 1. The molecule has 0 amide bonds. The van der Waals surface area contributed by atoms with E-state index >= 15 is 0 Å². The molecule has 0 aliphatic carbocycles. The van der Waals surface area contributed by atoms with Crippen LogP contribution in [0, 0.1) is 5.82 Å². The van der Waals surface area contributed by atoms with E-state index in [9.17, 15) is 12.8 Å². The number of thiocarbonyl (C=S) groups is 1. The highest BCUT2D eigenvalue weighted by atomic mass is 32.2. The van der Waals surface area contributed by atoms with Crippen LogP contribution < -0.4 is 10.5 Å². The Labute approximate surface area is 132 Å². The van der Waals surface area contributed by atoms with Crippen molar-refractivity contribution < 1.29 is 17.5 Å². The standard InChI is InChI=1S/C11H14FN3O3S3/c12-9-7-8(21(13,16)17)1-2-10(9)14-11(19)20-15-3-5-18-6-4-15/h1-2,7H,3-6H2,(H,14,19)(H2,13,16,17). The Morgan fingerprint density at radius 3 is 2.67 bits per heavy atom. The van der Waals surface area contributed by atoms with Crippen molar-refractivity contribution in [2.75, 3.05) is 31.6 Å². The lowest BCUT2D eigenvalue weighted by Gasteiger charge is -2.25. The predicted molar refractivity (Wildman–Crippen MR) is 84.0 cm³/mol. The monoisotopic (exact) mass is 351 g/mol. The molecule has 1 aromatic rings. The van der Waals surface area contributed by atoms with Gasteiger partial charge in [-0.1, -0.05) is 12.2 Å². The average molecular weight is 351 g/mol. The maximum atomic E-state index is 13.8. The topological polar surface area (TPSA) is 84.7 Å². The molecule has 1 aliphatic heterocycles. The zero-order valence-electron chi connectivity index (χ0n) is 10.9. The first-order valence-corrected chi connectivity index (χ1v) is 8.73. The Hall–Kier alpha value is -0.780. The number of nitrogens with one attached hydrogen (secondary N) is 1. The second-order valence-corrected chi connectivity index (χ2v) is 7.57. The van der Waals surface area contributed by atoms with E-state index in [0.29, 0.717) is 17.5 Å². The summed E-state index contributed by atoms with van der Waals surface area (Å²) in [6.45, 7) is 2.73. The number of primary sulfonamides is 1. The maximum Gasteiger partial charge on any atom is 0.238 e. The lowest BCUT2D eigenvalue weighted by atomic mass is 10.3. The van der Waals surface area contributed by atoms with Crippen molar-refractivity contribution in [3.63, 3.8) is 0 Å². The molecule has 6 nitrogen and oxygen atoms in total. The summed E-state index contributed by atoms with van der Waals surface area (Å²) in [6, 6.07) is 3.38. The van der Waals surface area contributed by atoms with Crippen LogP contribution in [-0.2, 0) is 14.8 Å². The predicted octanol–water partition coefficient (Wildman–Crippen LogP) is 1.15. The van der Waals surface area contributed by atoms with Crippen LogP contribution in [0.3, 0.4) is 0 Å². The number of morpholine rings is 1. The number of sulfonamides is 1. The molecule has 1 heterocycles. The molecule has 1 saturated heterocycles. The molecular weight excluding hydrogens is 337 g/mol. The minimum atomic E-state index is -3.92. The molecule has 10 heteroatoms. The van der Waals surface area contributed by atoms with Gasteiger partial charge in [-0.3, -0.25) is 0 Å². The van der Waals surface area contributed by atoms with Gasteiger partial charge < -0.3 is 10.1 Å². The Kier molecular flexibility index (Phi) is 5.52. The highest BCUT2D eigenvalue weighted by molar-refractivity contribution is 8.21. The van der Waals surface area contributed by atoms with E-state index < -0.39 is 15.8 Å². The zero-order chi connectivity index (χ0) is 15.5. The molecule has 2 rings (SSSR count). The van der Waals surface area contributed by atoms with Gasteiger partial charge >= 0.3 is 0 Å². The Morgan fingerprint density at radius 1 is 1.43 bits per heavy atom. The first-order valence-electron chi connectivity index (χ1n) is 6.00. The van der Waals surface area contributed by atoms with Gasteiger partial charge in [0.2, 0.25) is 10.0 Å². The first kappa shape index (κ1) is 16.6. The largest absolute Gasteiger partial charge is 0.379 e. The molecule has 0 aromatic heterocycles. The Bertz CT molecular complexity index is 633. The molecule has 1 fully saturated rings. The summed E-state index contributed by atoms with van der Waals surface area (Å²) in [4.78, 5) is -0.280. The van der Waals surface area contributed by atoms with Crippen molar-refractivity contribution in [3.05, 3.63) is 24.0 Å². The SMILES string of the molecule is NS(=O)(=O)c1ccc(NC(=S)SN2CCOCC2)c(F)c1. The third kappa shape index (κ3) is 4.87. The molecule has 0 radical (unpaired) electrons. The smallest absolute Gasteiger partial charge is 0.238 e. The average Bonchev–Trinajstić information content (AvgIpc) is 2.41. The van der Waals surface area contributed by atoms with Gasteiger partial charge in [-0.2, -0.15) is 0 Å². The summed E-state index contributed by atoms with van der Waals surface area (Å²) < 4.78 is 43.7. The Balaban J connectivity index is 2.00. The lowest BCUT2D eigenvalue weighted by molar-refractivity contribution is 0.0778. The quantitative estimate of drug-likeness (QED) is 0.624. The van der Waals surface area contributed by atoms with Crippen molar-refractivity contribution in [1.29, 1.82) is 0 Å². The van der Waals surface area contributed by atoms with Crippen LogP contribution >= 0.6 is 24.2 Å². The highest BCUT2D eigenvalue weighted by Gasteiger charge is 2.15. The van der Waals surface area contributed by atoms with Crippen LogP contribution in [0.4, 0.5) is 10.1 Å². The number of nitrogens with two attached hydrogens (primary N) is 1. The molecule has 0 unspecified atom stereocenters. The molecule has 0 atom stereocenters. The van der Waals surface area contributed by atoms with E-state index in [4.69, 9.17) is 22.1 Å². The minimum absolute atomic E-state index is 0.105. The van der Waals surface area contributed by atoms with E-state index in [0.717, 1.165) is 19.2 Å². The summed E-state index contributed by atoms with van der Waals surface area (Å²) in [5, 5.41) is 7.67. The van der Waals surface area contributed by atoms with Gasteiger partial charge in [0.15, 0.2) is 4.32 Å². The van der Waals surface area contributed by atoms with Crippen molar-refractivity contribution >= 4 is 44.2 Å². The lowest BCUT2D eigenvalue weighted by Crippen LogP contribution is -2.32. The third-order valence-corrected chi connectivity index (χ3v) is 4.82. The number of hydrogen-bond donors (Lipinski definition) is 2. The summed E-state index contributed by atoms with van der Waals surface area (Å²) >= 11 is 6.44. The van der Waals surface area contributed by atoms with Gasteiger partial charge in [0.25, 0.3) is 0 Å². The van der Waals surface area contributed by atoms with Crippen LogP contribution in [0.25, 0.3) is 0 Å². The minimum Gasteiger partial charge on any atom is -0.379 e. The first-order chi connectivity index (χ1) is 9.86. The van der Waals surface area contributed by atoms with Crippen LogP contribution in [0.5, 0.6) is 0 Å². The fourth-order valence-corrected chi connectivity index (χ4v) is 3.34. The third-order valence-electron chi connectivity index (χ3n) is 2.69. The number of nitrogens with zero attached hydrogens (tertiary/aromatic N) is 1. The van der Waals surface area contributed by atoms with E-state index in [-0.39, 0.29) is 10.6 Å². The normalized spacial score (nSPS) is 16.7. The van der Waals surface area contributed by atoms with Crippen molar-refractivity contribution in [1.82, 2.24) is 4.31 Å². The summed E-state index contributed by atoms with van der Waals surface area (Å²) in [5.41, 5.74) is 0.105. The van der Waals surface area contributed by atoms with E-state index in [1.54, 1.807) is 0 Å². The maximum absolute atomic E-state index is 13.8. The van der Waals surface area contributed by atoms with Crippen LogP contribution in [-0.4, -0.2) is 43.3 Å².